The number of thioether (sulfide) groups is 1. The summed E-state index contributed by atoms with van der Waals surface area (Å²) < 4.78 is 0. The van der Waals surface area contributed by atoms with E-state index in [1.54, 1.807) is 0 Å². The molecule has 2 saturated carbocycles. The van der Waals surface area contributed by atoms with Gasteiger partial charge in [-0.05, 0) is 55.4 Å². The summed E-state index contributed by atoms with van der Waals surface area (Å²) in [6.07, 6.45) is 9.18. The van der Waals surface area contributed by atoms with Crippen LogP contribution in [0, 0.1) is 11.8 Å². The van der Waals surface area contributed by atoms with Gasteiger partial charge in [0.25, 0.3) is 0 Å². The molecule has 3 nitrogen and oxygen atoms in total. The lowest BCUT2D eigenvalue weighted by molar-refractivity contribution is -0.144. The van der Waals surface area contributed by atoms with Crippen LogP contribution in [-0.2, 0) is 4.79 Å². The van der Waals surface area contributed by atoms with Crippen LogP contribution >= 0.6 is 11.8 Å². The van der Waals surface area contributed by atoms with Gasteiger partial charge in [-0.1, -0.05) is 19.3 Å². The number of hydrogen-bond acceptors (Lipinski definition) is 3. The van der Waals surface area contributed by atoms with Gasteiger partial charge in [0.1, 0.15) is 5.54 Å². The first-order valence-electron chi connectivity index (χ1n) is 7.23. The van der Waals surface area contributed by atoms with Crippen LogP contribution in [0.25, 0.3) is 0 Å². The van der Waals surface area contributed by atoms with Crippen LogP contribution in [0.5, 0.6) is 0 Å². The molecular weight excluding hydrogens is 246 g/mol. The van der Waals surface area contributed by atoms with Crippen molar-refractivity contribution in [3.8, 4) is 0 Å². The van der Waals surface area contributed by atoms with E-state index in [0.717, 1.165) is 30.9 Å². The minimum absolute atomic E-state index is 0.186. The van der Waals surface area contributed by atoms with Crippen molar-refractivity contribution in [2.24, 2.45) is 17.6 Å². The molecule has 0 aliphatic heterocycles. The van der Waals surface area contributed by atoms with Gasteiger partial charge in [0, 0.05) is 0 Å². The Kier molecular flexibility index (Phi) is 4.96. The van der Waals surface area contributed by atoms with Gasteiger partial charge >= 0.3 is 5.97 Å². The summed E-state index contributed by atoms with van der Waals surface area (Å²) >= 11 is 2.00. The number of nitrogens with two attached hydrogens (primary N) is 1. The van der Waals surface area contributed by atoms with Crippen molar-refractivity contribution in [2.45, 2.75) is 56.9 Å². The fourth-order valence-electron chi connectivity index (χ4n) is 3.44. The number of carbonyl (C=O) groups is 1. The standard InChI is InChI=1S/C14H25NO2S/c15-14(13(16)17)8-3-6-12(14)7-9-18-10-11-4-1-2-5-11/h11-12H,1-10,15H2,(H,16,17). The molecule has 18 heavy (non-hydrogen) atoms. The van der Waals surface area contributed by atoms with Gasteiger partial charge in [0.05, 0.1) is 0 Å². The largest absolute Gasteiger partial charge is 0.480 e. The van der Waals surface area contributed by atoms with E-state index >= 15 is 0 Å². The topological polar surface area (TPSA) is 63.3 Å². The first kappa shape index (κ1) is 14.2. The molecule has 104 valence electrons. The smallest absolute Gasteiger partial charge is 0.323 e. The van der Waals surface area contributed by atoms with Crippen LogP contribution in [-0.4, -0.2) is 28.1 Å². The zero-order valence-electron chi connectivity index (χ0n) is 11.1. The van der Waals surface area contributed by atoms with E-state index in [2.05, 4.69) is 0 Å². The third-order valence-electron chi connectivity index (χ3n) is 4.71. The van der Waals surface area contributed by atoms with Gasteiger partial charge in [-0.25, -0.2) is 0 Å². The molecule has 2 unspecified atom stereocenters. The molecule has 0 radical (unpaired) electrons. The Labute approximate surface area is 114 Å². The maximum absolute atomic E-state index is 11.2. The van der Waals surface area contributed by atoms with Gasteiger partial charge in [0.15, 0.2) is 0 Å². The average Bonchev–Trinajstić information content (AvgIpc) is 2.95. The summed E-state index contributed by atoms with van der Waals surface area (Å²) in [5.74, 6) is 2.64. The van der Waals surface area contributed by atoms with Crippen molar-refractivity contribution in [1.82, 2.24) is 0 Å². The minimum Gasteiger partial charge on any atom is -0.480 e. The van der Waals surface area contributed by atoms with E-state index in [0.29, 0.717) is 6.42 Å². The van der Waals surface area contributed by atoms with E-state index in [-0.39, 0.29) is 5.92 Å². The summed E-state index contributed by atoms with van der Waals surface area (Å²) in [6.45, 7) is 0. The molecule has 3 N–H and O–H groups in total. The van der Waals surface area contributed by atoms with Crippen molar-refractivity contribution in [2.75, 3.05) is 11.5 Å². The highest BCUT2D eigenvalue weighted by atomic mass is 32.2. The van der Waals surface area contributed by atoms with Crippen molar-refractivity contribution >= 4 is 17.7 Å². The Morgan fingerprint density at radius 3 is 2.67 bits per heavy atom. The Hall–Kier alpha value is -0.220. The highest BCUT2D eigenvalue weighted by Crippen LogP contribution is 2.37. The van der Waals surface area contributed by atoms with E-state index in [4.69, 9.17) is 5.73 Å². The third kappa shape index (κ3) is 3.21. The van der Waals surface area contributed by atoms with Crippen LogP contribution < -0.4 is 5.73 Å². The van der Waals surface area contributed by atoms with Crippen LogP contribution in [0.2, 0.25) is 0 Å². The van der Waals surface area contributed by atoms with Crippen molar-refractivity contribution in [1.29, 1.82) is 0 Å². The van der Waals surface area contributed by atoms with Gasteiger partial charge in [-0.3, -0.25) is 4.79 Å². The van der Waals surface area contributed by atoms with Crippen LogP contribution in [0.15, 0.2) is 0 Å². The quantitative estimate of drug-likeness (QED) is 0.729. The maximum Gasteiger partial charge on any atom is 0.323 e. The molecule has 0 saturated heterocycles. The summed E-state index contributed by atoms with van der Waals surface area (Å²) in [5.41, 5.74) is 5.11. The van der Waals surface area contributed by atoms with Gasteiger partial charge < -0.3 is 10.8 Å². The number of rotatable bonds is 6. The van der Waals surface area contributed by atoms with Crippen LogP contribution in [0.3, 0.4) is 0 Å². The summed E-state index contributed by atoms with van der Waals surface area (Å²) in [5, 5.41) is 9.24. The second-order valence-electron chi connectivity index (χ2n) is 5.95. The molecule has 0 amide bonds. The van der Waals surface area contributed by atoms with Crippen LogP contribution in [0.4, 0.5) is 0 Å². The fraction of sp³-hybridized carbons (Fsp3) is 0.929. The molecule has 2 fully saturated rings. The molecule has 0 bridgehead atoms. The second-order valence-corrected chi connectivity index (χ2v) is 7.10. The van der Waals surface area contributed by atoms with E-state index in [1.807, 2.05) is 11.8 Å². The number of aliphatic carboxylic acids is 1. The van der Waals surface area contributed by atoms with Gasteiger partial charge in [-0.2, -0.15) is 11.8 Å². The third-order valence-corrected chi connectivity index (χ3v) is 5.94. The Morgan fingerprint density at radius 2 is 2.00 bits per heavy atom. The minimum atomic E-state index is -0.937. The first-order valence-corrected chi connectivity index (χ1v) is 8.38. The van der Waals surface area contributed by atoms with Crippen molar-refractivity contribution < 1.29 is 9.90 Å². The van der Waals surface area contributed by atoms with E-state index in [9.17, 15) is 9.90 Å². The highest BCUT2D eigenvalue weighted by Gasteiger charge is 2.45. The average molecular weight is 271 g/mol. The van der Waals surface area contributed by atoms with Gasteiger partial charge in [0.2, 0.25) is 0 Å². The molecule has 0 aromatic rings. The lowest BCUT2D eigenvalue weighted by Crippen LogP contribution is -2.51. The zero-order chi connectivity index (χ0) is 13.0. The molecule has 0 aromatic heterocycles. The monoisotopic (exact) mass is 271 g/mol. The molecule has 4 heteroatoms. The predicted molar refractivity (Wildman–Crippen MR) is 75.8 cm³/mol. The predicted octanol–water partition coefficient (Wildman–Crippen LogP) is 2.88. The van der Waals surface area contributed by atoms with Gasteiger partial charge in [-0.15, -0.1) is 0 Å². The second kappa shape index (κ2) is 6.29. The highest BCUT2D eigenvalue weighted by molar-refractivity contribution is 7.99. The maximum atomic E-state index is 11.2. The molecule has 2 aliphatic carbocycles. The molecular formula is C14H25NO2S. The van der Waals surface area contributed by atoms with E-state index < -0.39 is 11.5 Å². The normalized spacial score (nSPS) is 33.1. The van der Waals surface area contributed by atoms with Crippen molar-refractivity contribution in [3.63, 3.8) is 0 Å². The first-order chi connectivity index (χ1) is 8.63. The van der Waals surface area contributed by atoms with Crippen LogP contribution in [0.1, 0.15) is 51.4 Å². The Balaban J connectivity index is 1.67. The number of carboxylic acid groups (broad SMARTS) is 1. The number of hydrogen-bond donors (Lipinski definition) is 2. The number of carboxylic acids is 1. The lowest BCUT2D eigenvalue weighted by Gasteiger charge is -2.26. The molecule has 2 atom stereocenters. The molecule has 0 spiro atoms. The molecule has 2 aliphatic rings. The SMILES string of the molecule is NC1(C(=O)O)CCCC1CCSCC1CCCC1. The molecule has 0 heterocycles. The summed E-state index contributed by atoms with van der Waals surface area (Å²) in [7, 11) is 0. The summed E-state index contributed by atoms with van der Waals surface area (Å²) in [6, 6.07) is 0. The van der Waals surface area contributed by atoms with Crippen molar-refractivity contribution in [3.05, 3.63) is 0 Å². The fourth-order valence-corrected chi connectivity index (χ4v) is 4.72. The lowest BCUT2D eigenvalue weighted by atomic mass is 9.86. The summed E-state index contributed by atoms with van der Waals surface area (Å²) in [4.78, 5) is 11.2. The Morgan fingerprint density at radius 1 is 1.28 bits per heavy atom. The molecule has 0 aromatic carbocycles. The molecule has 2 rings (SSSR count). The Bertz CT molecular complexity index is 292. The van der Waals surface area contributed by atoms with E-state index in [1.165, 1.54) is 31.4 Å². The zero-order valence-corrected chi connectivity index (χ0v) is 11.9.